The largest absolute Gasteiger partial charge is 0.373 e. The van der Waals surface area contributed by atoms with Crippen LogP contribution < -0.4 is 0 Å². The van der Waals surface area contributed by atoms with Crippen LogP contribution in [0.1, 0.15) is 98.8 Å². The number of fused-ring (bicyclic) bond motifs is 1. The maximum Gasteiger partial charge on any atom is 0.139 e. The van der Waals surface area contributed by atoms with Crippen LogP contribution in [-0.4, -0.2) is 29.1 Å². The maximum absolute atomic E-state index is 12.5. The number of ether oxygens (including phenoxy) is 1. The molecule has 2 saturated carbocycles. The Morgan fingerprint density at radius 1 is 1.22 bits per heavy atom. The Hall–Kier alpha value is -1.03. The highest BCUT2D eigenvalue weighted by Crippen LogP contribution is 2.54. The van der Waals surface area contributed by atoms with Gasteiger partial charge in [0.25, 0.3) is 0 Å². The van der Waals surface area contributed by atoms with E-state index >= 15 is 0 Å². The summed E-state index contributed by atoms with van der Waals surface area (Å²) >= 11 is 0. The standard InChI is InChI=1S/C23H38O4/c1-6-23-15-14-20(25)18(19(23)12-13-21(23)26)11-10-17(24)9-7-8-16(2)27-22(3,4)5/h16,18-19H,6-15H2,1-5H3/t16-,18?,19+,23+/m1/s1. The zero-order valence-corrected chi connectivity index (χ0v) is 17.9. The molecule has 27 heavy (non-hydrogen) atoms. The third-order valence-corrected chi connectivity index (χ3v) is 6.65. The van der Waals surface area contributed by atoms with Gasteiger partial charge in [-0.2, -0.15) is 0 Å². The van der Waals surface area contributed by atoms with Crippen LogP contribution in [0.2, 0.25) is 0 Å². The Bertz CT molecular complexity index is 559. The average molecular weight is 379 g/mol. The van der Waals surface area contributed by atoms with Crippen molar-refractivity contribution in [1.82, 2.24) is 0 Å². The van der Waals surface area contributed by atoms with Crippen molar-refractivity contribution in [3.05, 3.63) is 0 Å². The van der Waals surface area contributed by atoms with Crippen LogP contribution >= 0.6 is 0 Å². The van der Waals surface area contributed by atoms with E-state index in [4.69, 9.17) is 4.74 Å². The molecule has 2 aliphatic carbocycles. The van der Waals surface area contributed by atoms with Gasteiger partial charge in [0.2, 0.25) is 0 Å². The van der Waals surface area contributed by atoms with Crippen molar-refractivity contribution in [3.63, 3.8) is 0 Å². The molecule has 0 aromatic rings. The molecule has 2 aliphatic rings. The van der Waals surface area contributed by atoms with Crippen molar-refractivity contribution in [3.8, 4) is 0 Å². The summed E-state index contributed by atoms with van der Waals surface area (Å²) in [4.78, 5) is 37.3. The molecule has 0 saturated heterocycles. The minimum Gasteiger partial charge on any atom is -0.373 e. The Morgan fingerprint density at radius 3 is 2.56 bits per heavy atom. The number of carbonyl (C=O) groups excluding carboxylic acids is 3. The molecule has 0 N–H and O–H groups in total. The number of rotatable bonds is 9. The van der Waals surface area contributed by atoms with Gasteiger partial charge in [-0.05, 0) is 72.1 Å². The van der Waals surface area contributed by atoms with Crippen LogP contribution in [-0.2, 0) is 19.1 Å². The van der Waals surface area contributed by atoms with E-state index in [-0.39, 0.29) is 40.5 Å². The highest BCUT2D eigenvalue weighted by Gasteiger charge is 2.54. The molecule has 0 aromatic carbocycles. The van der Waals surface area contributed by atoms with Gasteiger partial charge in [-0.15, -0.1) is 0 Å². The monoisotopic (exact) mass is 378 g/mol. The number of ketones is 3. The lowest BCUT2D eigenvalue weighted by molar-refractivity contribution is -0.138. The van der Waals surface area contributed by atoms with Gasteiger partial charge in [0.05, 0.1) is 11.7 Å². The fourth-order valence-corrected chi connectivity index (χ4v) is 5.37. The van der Waals surface area contributed by atoms with Crippen LogP contribution in [0.3, 0.4) is 0 Å². The average Bonchev–Trinajstić information content (AvgIpc) is 2.90. The quantitative estimate of drug-likeness (QED) is 0.562. The van der Waals surface area contributed by atoms with Crippen LogP contribution in [0.5, 0.6) is 0 Å². The smallest absolute Gasteiger partial charge is 0.139 e. The highest BCUT2D eigenvalue weighted by atomic mass is 16.5. The fourth-order valence-electron chi connectivity index (χ4n) is 5.37. The Kier molecular flexibility index (Phi) is 7.40. The van der Waals surface area contributed by atoms with E-state index in [0.717, 1.165) is 32.1 Å². The summed E-state index contributed by atoms with van der Waals surface area (Å²) in [6, 6.07) is 0. The Labute approximate surface area is 164 Å². The van der Waals surface area contributed by atoms with E-state index in [1.54, 1.807) is 0 Å². The summed E-state index contributed by atoms with van der Waals surface area (Å²) < 4.78 is 5.88. The molecule has 2 rings (SSSR count). The van der Waals surface area contributed by atoms with Crippen LogP contribution in [0.15, 0.2) is 0 Å². The van der Waals surface area contributed by atoms with Gasteiger partial charge in [0, 0.05) is 37.0 Å². The predicted molar refractivity (Wildman–Crippen MR) is 107 cm³/mol. The SMILES string of the molecule is CC[C@]12CCC(=O)C(CCC(=O)CCC[C@@H](C)OC(C)(C)C)[C@@H]1CCC2=O. The molecule has 2 fully saturated rings. The van der Waals surface area contributed by atoms with Gasteiger partial charge in [-0.1, -0.05) is 6.92 Å². The summed E-state index contributed by atoms with van der Waals surface area (Å²) in [6.45, 7) is 10.3. The van der Waals surface area contributed by atoms with E-state index in [1.165, 1.54) is 0 Å². The highest BCUT2D eigenvalue weighted by molar-refractivity contribution is 5.92. The molecule has 154 valence electrons. The third kappa shape index (κ3) is 5.49. The minimum atomic E-state index is -0.276. The normalized spacial score (nSPS) is 29.7. The number of carbonyl (C=O) groups is 3. The predicted octanol–water partition coefficient (Wildman–Crippen LogP) is 5.06. The van der Waals surface area contributed by atoms with Gasteiger partial charge in [0.1, 0.15) is 17.3 Å². The van der Waals surface area contributed by atoms with E-state index in [2.05, 4.69) is 13.8 Å². The van der Waals surface area contributed by atoms with Crippen molar-refractivity contribution in [1.29, 1.82) is 0 Å². The summed E-state index contributed by atoms with van der Waals surface area (Å²) in [5.41, 5.74) is -0.434. The molecule has 0 heterocycles. The van der Waals surface area contributed by atoms with Crippen LogP contribution in [0.4, 0.5) is 0 Å². The zero-order chi connectivity index (χ0) is 20.2. The van der Waals surface area contributed by atoms with E-state index in [0.29, 0.717) is 37.9 Å². The van der Waals surface area contributed by atoms with Crippen molar-refractivity contribution in [2.45, 2.75) is 111 Å². The van der Waals surface area contributed by atoms with E-state index in [1.807, 2.05) is 20.8 Å². The van der Waals surface area contributed by atoms with Crippen LogP contribution in [0.25, 0.3) is 0 Å². The van der Waals surface area contributed by atoms with Crippen molar-refractivity contribution >= 4 is 17.3 Å². The second-order valence-electron chi connectivity index (χ2n) is 9.66. The maximum atomic E-state index is 12.5. The molecule has 4 atom stereocenters. The van der Waals surface area contributed by atoms with Gasteiger partial charge in [-0.3, -0.25) is 14.4 Å². The second-order valence-corrected chi connectivity index (χ2v) is 9.66. The number of hydrogen-bond acceptors (Lipinski definition) is 4. The molecule has 4 heteroatoms. The fraction of sp³-hybridized carbons (Fsp3) is 0.870. The molecular weight excluding hydrogens is 340 g/mol. The van der Waals surface area contributed by atoms with Gasteiger partial charge < -0.3 is 4.74 Å². The zero-order valence-electron chi connectivity index (χ0n) is 17.9. The molecular formula is C23H38O4. The topological polar surface area (TPSA) is 60.4 Å². The summed E-state index contributed by atoms with van der Waals surface area (Å²) in [7, 11) is 0. The summed E-state index contributed by atoms with van der Waals surface area (Å²) in [6.07, 6.45) is 7.02. The van der Waals surface area contributed by atoms with Crippen molar-refractivity contribution in [2.24, 2.45) is 17.3 Å². The summed E-state index contributed by atoms with van der Waals surface area (Å²) in [5, 5.41) is 0. The first-order chi connectivity index (χ1) is 12.6. The van der Waals surface area contributed by atoms with E-state index < -0.39 is 0 Å². The lowest BCUT2D eigenvalue weighted by Crippen LogP contribution is -2.43. The molecule has 0 amide bonds. The van der Waals surface area contributed by atoms with Crippen molar-refractivity contribution < 1.29 is 19.1 Å². The second kappa shape index (κ2) is 8.98. The van der Waals surface area contributed by atoms with Gasteiger partial charge >= 0.3 is 0 Å². The molecule has 0 aliphatic heterocycles. The Morgan fingerprint density at radius 2 is 1.93 bits per heavy atom. The molecule has 1 unspecified atom stereocenters. The molecule has 0 bridgehead atoms. The number of Topliss-reactive ketones (excluding diaryl/α,β-unsaturated/α-hetero) is 3. The first-order valence-corrected chi connectivity index (χ1v) is 10.8. The minimum absolute atomic E-state index is 0.0859. The van der Waals surface area contributed by atoms with Crippen LogP contribution in [0, 0.1) is 17.3 Å². The lowest BCUT2D eigenvalue weighted by Gasteiger charge is -2.41. The first-order valence-electron chi connectivity index (χ1n) is 10.8. The van der Waals surface area contributed by atoms with Gasteiger partial charge in [0.15, 0.2) is 0 Å². The first kappa shape index (κ1) is 22.3. The molecule has 4 nitrogen and oxygen atoms in total. The van der Waals surface area contributed by atoms with Gasteiger partial charge in [-0.25, -0.2) is 0 Å². The van der Waals surface area contributed by atoms with E-state index in [9.17, 15) is 14.4 Å². The molecule has 0 radical (unpaired) electrons. The summed E-state index contributed by atoms with van der Waals surface area (Å²) in [5.74, 6) is 0.953. The molecule has 0 aromatic heterocycles. The lowest BCUT2D eigenvalue weighted by atomic mass is 9.60. The Balaban J connectivity index is 1.80. The number of hydrogen-bond donors (Lipinski definition) is 0. The molecule has 0 spiro atoms. The third-order valence-electron chi connectivity index (χ3n) is 6.65. The van der Waals surface area contributed by atoms with Crippen molar-refractivity contribution in [2.75, 3.05) is 0 Å².